The monoisotopic (exact) mass is 594 g/mol. The van der Waals surface area contributed by atoms with E-state index in [0.29, 0.717) is 0 Å². The van der Waals surface area contributed by atoms with Crippen LogP contribution < -0.4 is 15.9 Å². The zero-order valence-electron chi connectivity index (χ0n) is 24.5. The smallest absolute Gasteiger partial charge is 0.123 e. The Balaban J connectivity index is 1.38. The standard InChI is InChI=1S/C43H28FP/c1-45(29-20-18-28(44)19-21-29,30-22-24-40-36-14-4-2-10-32(36)34-12-6-8-16-38(34)42(40)26-30)31-23-25-41-37-15-5-3-11-33(37)35-13-7-9-17-39(35)43(41)27-31/h2-27H,1H2. The predicted octanol–water partition coefficient (Wildman–Crippen LogP) is 10.5. The number of fused-ring (bicyclic) bond motifs is 12. The summed E-state index contributed by atoms with van der Waals surface area (Å²) in [6.45, 7) is -2.45. The van der Waals surface area contributed by atoms with E-state index in [2.05, 4.69) is 133 Å². The van der Waals surface area contributed by atoms with Crippen molar-refractivity contribution in [3.05, 3.63) is 164 Å². The van der Waals surface area contributed by atoms with Crippen LogP contribution in [0, 0.1) is 5.82 Å². The topological polar surface area (TPSA) is 0 Å². The molecule has 0 fully saturated rings. The van der Waals surface area contributed by atoms with Crippen LogP contribution >= 0.6 is 6.89 Å². The molecule has 2 heteroatoms. The number of halogens is 1. The van der Waals surface area contributed by atoms with Gasteiger partial charge in [-0.25, -0.2) is 4.39 Å². The van der Waals surface area contributed by atoms with Gasteiger partial charge >= 0.3 is 0 Å². The summed E-state index contributed by atoms with van der Waals surface area (Å²) in [6, 6.07) is 55.5. The fraction of sp³-hybridized carbons (Fsp3) is 0. The molecular weight excluding hydrogens is 566 g/mol. The Morgan fingerprint density at radius 1 is 0.311 bits per heavy atom. The van der Waals surface area contributed by atoms with Crippen molar-refractivity contribution in [2.45, 2.75) is 0 Å². The average molecular weight is 595 g/mol. The summed E-state index contributed by atoms with van der Waals surface area (Å²) in [5, 5.41) is 18.3. The van der Waals surface area contributed by atoms with Crippen molar-refractivity contribution in [2.24, 2.45) is 0 Å². The van der Waals surface area contributed by atoms with Gasteiger partial charge in [0.2, 0.25) is 0 Å². The molecule has 212 valence electrons. The maximum absolute atomic E-state index is 14.3. The summed E-state index contributed by atoms with van der Waals surface area (Å²) in [4.78, 5) is 0. The minimum absolute atomic E-state index is 0.239. The summed E-state index contributed by atoms with van der Waals surface area (Å²) in [7, 11) is 0. The second-order valence-electron chi connectivity index (χ2n) is 11.9. The van der Waals surface area contributed by atoms with Gasteiger partial charge in [0, 0.05) is 0 Å². The van der Waals surface area contributed by atoms with Crippen LogP contribution in [0.15, 0.2) is 158 Å². The fourth-order valence-corrected chi connectivity index (χ4v) is 10.3. The number of hydrogen-bond acceptors (Lipinski definition) is 0. The van der Waals surface area contributed by atoms with E-state index in [0.717, 1.165) is 5.30 Å². The van der Waals surface area contributed by atoms with Gasteiger partial charge < -0.3 is 0 Å². The lowest BCUT2D eigenvalue weighted by atomic mass is 9.94. The Bertz CT molecular complexity index is 2450. The highest BCUT2D eigenvalue weighted by molar-refractivity contribution is 7.93. The van der Waals surface area contributed by atoms with Crippen LogP contribution in [0.4, 0.5) is 4.39 Å². The van der Waals surface area contributed by atoms with Crippen molar-refractivity contribution in [1.29, 1.82) is 0 Å². The zero-order valence-corrected chi connectivity index (χ0v) is 25.4. The molecule has 0 amide bonds. The van der Waals surface area contributed by atoms with E-state index < -0.39 is 6.89 Å². The summed E-state index contributed by atoms with van der Waals surface area (Å²) >= 11 is 0. The molecule has 0 unspecified atom stereocenters. The lowest BCUT2D eigenvalue weighted by molar-refractivity contribution is 0.628. The third-order valence-electron chi connectivity index (χ3n) is 9.60. The molecule has 45 heavy (non-hydrogen) atoms. The van der Waals surface area contributed by atoms with Crippen LogP contribution in [0.5, 0.6) is 0 Å². The predicted molar refractivity (Wildman–Crippen MR) is 197 cm³/mol. The SMILES string of the molecule is C=P(c1ccc(F)cc1)(c1ccc2c3ccccc3c3ccccc3c2c1)c1ccc2c3ccccc3c3ccccc3c2c1. The Morgan fingerprint density at radius 2 is 0.578 bits per heavy atom. The minimum Gasteiger partial charge on any atom is -0.207 e. The molecule has 9 aromatic carbocycles. The maximum Gasteiger partial charge on any atom is 0.123 e. The first-order valence-corrected chi connectivity index (χ1v) is 17.3. The van der Waals surface area contributed by atoms with E-state index in [1.807, 2.05) is 12.1 Å². The summed E-state index contributed by atoms with van der Waals surface area (Å²) in [5.74, 6) is -0.239. The van der Waals surface area contributed by atoms with Crippen molar-refractivity contribution in [1.82, 2.24) is 0 Å². The van der Waals surface area contributed by atoms with E-state index in [9.17, 15) is 4.39 Å². The lowest BCUT2D eigenvalue weighted by Gasteiger charge is -2.28. The van der Waals surface area contributed by atoms with Crippen molar-refractivity contribution in [3.8, 4) is 0 Å². The first-order chi connectivity index (χ1) is 22.1. The van der Waals surface area contributed by atoms with Crippen LogP contribution in [-0.2, 0) is 0 Å². The average Bonchev–Trinajstić information content (AvgIpc) is 3.11. The third kappa shape index (κ3) is 3.84. The van der Waals surface area contributed by atoms with Crippen molar-refractivity contribution in [3.63, 3.8) is 0 Å². The molecule has 9 rings (SSSR count). The Kier molecular flexibility index (Phi) is 5.76. The molecule has 9 aromatic rings. The Hall–Kier alpha value is -5.23. The van der Waals surface area contributed by atoms with Crippen LogP contribution in [0.3, 0.4) is 0 Å². The van der Waals surface area contributed by atoms with Crippen LogP contribution in [0.2, 0.25) is 0 Å². The van der Waals surface area contributed by atoms with E-state index in [-0.39, 0.29) is 5.82 Å². The molecule has 0 radical (unpaired) electrons. The van der Waals surface area contributed by atoms with Gasteiger partial charge in [-0.3, -0.25) is 0 Å². The largest absolute Gasteiger partial charge is 0.207 e. The van der Waals surface area contributed by atoms with Gasteiger partial charge in [-0.1, -0.05) is 140 Å². The first kappa shape index (κ1) is 26.2. The molecule has 0 nitrogen and oxygen atoms in total. The highest BCUT2D eigenvalue weighted by Gasteiger charge is 2.25. The zero-order chi connectivity index (χ0) is 30.1. The molecule has 0 N–H and O–H groups in total. The molecule has 0 saturated heterocycles. The van der Waals surface area contributed by atoms with Gasteiger partial charge in [0.05, 0.1) is 0 Å². The van der Waals surface area contributed by atoms with Gasteiger partial charge in [-0.15, -0.1) is 0 Å². The molecule has 0 aromatic heterocycles. The van der Waals surface area contributed by atoms with Gasteiger partial charge in [0.15, 0.2) is 0 Å². The number of hydrogen-bond donors (Lipinski definition) is 0. The number of benzene rings is 9. The molecule has 0 aliphatic heterocycles. The Morgan fingerprint density at radius 3 is 0.911 bits per heavy atom. The molecule has 0 bridgehead atoms. The molecule has 0 atom stereocenters. The van der Waals surface area contributed by atoms with Crippen molar-refractivity contribution >= 4 is 93.7 Å². The van der Waals surface area contributed by atoms with Crippen molar-refractivity contribution in [2.75, 3.05) is 0 Å². The number of rotatable bonds is 3. The van der Waals surface area contributed by atoms with Crippen molar-refractivity contribution < 1.29 is 4.39 Å². The molecular formula is C43H28FP. The van der Waals surface area contributed by atoms with Gasteiger partial charge in [0.25, 0.3) is 0 Å². The second kappa shape index (κ2) is 9.89. The molecule has 0 heterocycles. The van der Waals surface area contributed by atoms with E-state index in [1.165, 1.54) is 75.2 Å². The van der Waals surface area contributed by atoms with Gasteiger partial charge in [-0.2, -0.15) is 0 Å². The first-order valence-electron chi connectivity index (χ1n) is 15.3. The highest BCUT2D eigenvalue weighted by Crippen LogP contribution is 2.46. The van der Waals surface area contributed by atoms with E-state index in [4.69, 9.17) is 6.30 Å². The van der Waals surface area contributed by atoms with E-state index >= 15 is 0 Å². The van der Waals surface area contributed by atoms with Gasteiger partial charge in [-0.05, 0) is 112 Å². The van der Waals surface area contributed by atoms with Crippen LogP contribution in [0.25, 0.3) is 64.6 Å². The maximum atomic E-state index is 14.3. The highest BCUT2D eigenvalue weighted by atomic mass is 31.2. The summed E-state index contributed by atoms with van der Waals surface area (Å²) < 4.78 is 14.3. The fourth-order valence-electron chi connectivity index (χ4n) is 7.41. The quantitative estimate of drug-likeness (QED) is 0.141. The van der Waals surface area contributed by atoms with E-state index in [1.54, 1.807) is 12.1 Å². The normalized spacial score (nSPS) is 12.2. The molecule has 0 spiro atoms. The summed E-state index contributed by atoms with van der Waals surface area (Å²) in [6.07, 6.45) is 5.10. The third-order valence-corrected chi connectivity index (χ3v) is 13.1. The second-order valence-corrected chi connectivity index (χ2v) is 15.1. The minimum atomic E-state index is -2.45. The van der Waals surface area contributed by atoms with Crippen LogP contribution in [-0.4, -0.2) is 6.30 Å². The molecule has 0 aliphatic rings. The molecule has 0 saturated carbocycles. The lowest BCUT2D eigenvalue weighted by Crippen LogP contribution is -2.25. The molecule has 0 aliphatic carbocycles. The van der Waals surface area contributed by atoms with Crippen LogP contribution in [0.1, 0.15) is 0 Å². The Labute approximate surface area is 261 Å². The summed E-state index contributed by atoms with van der Waals surface area (Å²) in [5.41, 5.74) is 0. The van der Waals surface area contributed by atoms with Gasteiger partial charge in [0.1, 0.15) is 5.82 Å².